The van der Waals surface area contributed by atoms with Crippen molar-refractivity contribution in [3.05, 3.63) is 65.7 Å². The molecule has 2 aromatic rings. The van der Waals surface area contributed by atoms with E-state index in [4.69, 9.17) is 4.74 Å². The van der Waals surface area contributed by atoms with E-state index in [9.17, 15) is 13.2 Å². The van der Waals surface area contributed by atoms with Gasteiger partial charge in [0, 0.05) is 13.1 Å². The van der Waals surface area contributed by atoms with Crippen LogP contribution in [0.15, 0.2) is 54.6 Å². The SMILES string of the molecule is Cc1ccc(OCCNC(=O)[C@H]2CCCN(S(=O)(=O)CCCc3ccccc3)C2)cc1. The molecule has 0 aliphatic carbocycles. The number of carbonyl (C=O) groups excluding carboxylic acids is 1. The molecule has 1 fully saturated rings. The largest absolute Gasteiger partial charge is 0.492 e. The molecule has 0 bridgehead atoms. The van der Waals surface area contributed by atoms with Crippen molar-refractivity contribution in [2.45, 2.75) is 32.6 Å². The lowest BCUT2D eigenvalue weighted by molar-refractivity contribution is -0.126. The van der Waals surface area contributed by atoms with Crippen LogP contribution >= 0.6 is 0 Å². The lowest BCUT2D eigenvalue weighted by Gasteiger charge is -2.31. The average Bonchev–Trinajstić information content (AvgIpc) is 2.78. The Labute approximate surface area is 185 Å². The van der Waals surface area contributed by atoms with Gasteiger partial charge in [-0.25, -0.2) is 12.7 Å². The minimum atomic E-state index is -3.36. The van der Waals surface area contributed by atoms with Gasteiger partial charge in [-0.2, -0.15) is 0 Å². The molecule has 1 atom stereocenters. The topological polar surface area (TPSA) is 75.7 Å². The van der Waals surface area contributed by atoms with Gasteiger partial charge >= 0.3 is 0 Å². The second-order valence-corrected chi connectivity index (χ2v) is 10.1. The number of aryl methyl sites for hydroxylation is 2. The summed E-state index contributed by atoms with van der Waals surface area (Å²) in [4.78, 5) is 12.5. The summed E-state index contributed by atoms with van der Waals surface area (Å²) in [7, 11) is -3.36. The molecule has 3 rings (SSSR count). The average molecular weight is 445 g/mol. The Morgan fingerprint density at radius 1 is 1.13 bits per heavy atom. The molecule has 1 aliphatic heterocycles. The van der Waals surface area contributed by atoms with Gasteiger partial charge in [0.05, 0.1) is 18.2 Å². The van der Waals surface area contributed by atoms with Crippen molar-refractivity contribution in [1.29, 1.82) is 0 Å². The Balaban J connectivity index is 1.40. The number of amides is 1. The summed E-state index contributed by atoms with van der Waals surface area (Å²) in [5, 5.41) is 2.89. The van der Waals surface area contributed by atoms with E-state index in [2.05, 4.69) is 5.32 Å². The number of benzene rings is 2. The number of sulfonamides is 1. The van der Waals surface area contributed by atoms with Crippen molar-refractivity contribution in [3.63, 3.8) is 0 Å². The van der Waals surface area contributed by atoms with Gasteiger partial charge in [-0.05, 0) is 50.3 Å². The lowest BCUT2D eigenvalue weighted by atomic mass is 9.99. The second kappa shape index (κ2) is 11.3. The van der Waals surface area contributed by atoms with Crippen molar-refractivity contribution in [3.8, 4) is 5.75 Å². The van der Waals surface area contributed by atoms with E-state index in [0.29, 0.717) is 39.0 Å². The molecule has 6 nitrogen and oxygen atoms in total. The smallest absolute Gasteiger partial charge is 0.224 e. The number of rotatable bonds is 10. The van der Waals surface area contributed by atoms with Crippen molar-refractivity contribution in [2.75, 3.05) is 32.0 Å². The predicted molar refractivity (Wildman–Crippen MR) is 123 cm³/mol. The fourth-order valence-electron chi connectivity index (χ4n) is 3.76. The number of piperidine rings is 1. The molecule has 168 valence electrons. The summed E-state index contributed by atoms with van der Waals surface area (Å²) in [6.45, 7) is 3.54. The first kappa shape index (κ1) is 23.3. The first-order chi connectivity index (χ1) is 14.9. The molecule has 1 N–H and O–H groups in total. The van der Waals surface area contributed by atoms with Crippen LogP contribution < -0.4 is 10.1 Å². The van der Waals surface area contributed by atoms with Gasteiger partial charge < -0.3 is 10.1 Å². The van der Waals surface area contributed by atoms with Crippen LogP contribution in [0.3, 0.4) is 0 Å². The number of hydrogen-bond donors (Lipinski definition) is 1. The third kappa shape index (κ3) is 7.36. The van der Waals surface area contributed by atoms with E-state index in [1.807, 2.05) is 61.5 Å². The maximum atomic E-state index is 12.8. The van der Waals surface area contributed by atoms with Gasteiger partial charge in [-0.3, -0.25) is 4.79 Å². The lowest BCUT2D eigenvalue weighted by Crippen LogP contribution is -2.46. The van der Waals surface area contributed by atoms with Crippen molar-refractivity contribution in [1.82, 2.24) is 9.62 Å². The second-order valence-electron chi connectivity index (χ2n) is 8.05. The zero-order chi connectivity index (χ0) is 22.1. The molecule has 1 saturated heterocycles. The van der Waals surface area contributed by atoms with Gasteiger partial charge in [0.25, 0.3) is 0 Å². The van der Waals surface area contributed by atoms with Gasteiger partial charge in [-0.1, -0.05) is 48.0 Å². The Hall–Kier alpha value is -2.38. The molecule has 7 heteroatoms. The predicted octanol–water partition coefficient (Wildman–Crippen LogP) is 3.16. The van der Waals surface area contributed by atoms with Gasteiger partial charge in [0.2, 0.25) is 15.9 Å². The quantitative estimate of drug-likeness (QED) is 0.571. The Morgan fingerprint density at radius 3 is 2.61 bits per heavy atom. The molecule has 2 aromatic carbocycles. The molecular formula is C24H32N2O4S. The zero-order valence-electron chi connectivity index (χ0n) is 18.1. The van der Waals surface area contributed by atoms with Crippen LogP contribution in [0.5, 0.6) is 5.75 Å². The van der Waals surface area contributed by atoms with Crippen molar-refractivity contribution >= 4 is 15.9 Å². The normalized spacial score (nSPS) is 17.3. The van der Waals surface area contributed by atoms with Crippen LogP contribution in [-0.4, -0.2) is 50.6 Å². The van der Waals surface area contributed by atoms with E-state index in [1.165, 1.54) is 4.31 Å². The molecular weight excluding hydrogens is 412 g/mol. The van der Waals surface area contributed by atoms with Crippen LogP contribution in [0.25, 0.3) is 0 Å². The summed E-state index contributed by atoms with van der Waals surface area (Å²) in [5.41, 5.74) is 2.30. The number of carbonyl (C=O) groups is 1. The minimum absolute atomic E-state index is 0.100. The van der Waals surface area contributed by atoms with Crippen molar-refractivity contribution in [2.24, 2.45) is 5.92 Å². The minimum Gasteiger partial charge on any atom is -0.492 e. The van der Waals surface area contributed by atoms with E-state index < -0.39 is 10.0 Å². The Bertz CT molecular complexity index is 930. The summed E-state index contributed by atoms with van der Waals surface area (Å²) >= 11 is 0. The van der Waals surface area contributed by atoms with Crippen LogP contribution in [0.1, 0.15) is 30.4 Å². The monoisotopic (exact) mass is 444 g/mol. The number of nitrogens with zero attached hydrogens (tertiary/aromatic N) is 1. The third-order valence-electron chi connectivity index (χ3n) is 5.55. The fraction of sp³-hybridized carbons (Fsp3) is 0.458. The molecule has 1 amide bonds. The molecule has 0 spiro atoms. The Kier molecular flexibility index (Phi) is 8.49. The fourth-order valence-corrected chi connectivity index (χ4v) is 5.35. The molecule has 0 radical (unpaired) electrons. The first-order valence-electron chi connectivity index (χ1n) is 10.9. The highest BCUT2D eigenvalue weighted by Crippen LogP contribution is 2.20. The molecule has 31 heavy (non-hydrogen) atoms. The van der Waals surface area contributed by atoms with Crippen LogP contribution in [0.4, 0.5) is 0 Å². The molecule has 0 saturated carbocycles. The summed E-state index contributed by atoms with van der Waals surface area (Å²) < 4.78 is 32.6. The molecule has 0 unspecified atom stereocenters. The number of ether oxygens (including phenoxy) is 1. The number of nitrogens with one attached hydrogen (secondary N) is 1. The highest BCUT2D eigenvalue weighted by atomic mass is 32.2. The van der Waals surface area contributed by atoms with Crippen LogP contribution in [-0.2, 0) is 21.2 Å². The van der Waals surface area contributed by atoms with Gasteiger partial charge in [-0.15, -0.1) is 0 Å². The van der Waals surface area contributed by atoms with E-state index in [-0.39, 0.29) is 24.1 Å². The summed E-state index contributed by atoms with van der Waals surface area (Å²) in [5.74, 6) is 0.472. The Morgan fingerprint density at radius 2 is 1.87 bits per heavy atom. The zero-order valence-corrected chi connectivity index (χ0v) is 18.9. The maximum Gasteiger partial charge on any atom is 0.224 e. The molecule has 0 aromatic heterocycles. The summed E-state index contributed by atoms with van der Waals surface area (Å²) in [6.07, 6.45) is 2.73. The van der Waals surface area contributed by atoms with Gasteiger partial charge in [0.1, 0.15) is 12.4 Å². The molecule has 1 aliphatic rings. The molecule has 1 heterocycles. The standard InChI is InChI=1S/C24H32N2O4S/c1-20-11-13-23(14-12-20)30-17-15-25-24(27)22-10-5-16-26(19-22)31(28,29)18-6-9-21-7-3-2-4-8-21/h2-4,7-8,11-14,22H,5-6,9-10,15-19H2,1H3,(H,25,27)/t22-/m0/s1. The highest BCUT2D eigenvalue weighted by Gasteiger charge is 2.31. The van der Waals surface area contributed by atoms with Crippen molar-refractivity contribution < 1.29 is 17.9 Å². The van der Waals surface area contributed by atoms with Crippen LogP contribution in [0.2, 0.25) is 0 Å². The maximum absolute atomic E-state index is 12.8. The third-order valence-corrected chi connectivity index (χ3v) is 7.47. The van der Waals surface area contributed by atoms with Gasteiger partial charge in [0.15, 0.2) is 0 Å². The highest BCUT2D eigenvalue weighted by molar-refractivity contribution is 7.89. The number of hydrogen-bond acceptors (Lipinski definition) is 4. The van der Waals surface area contributed by atoms with Crippen LogP contribution in [0, 0.1) is 12.8 Å². The van der Waals surface area contributed by atoms with E-state index in [0.717, 1.165) is 23.3 Å². The summed E-state index contributed by atoms with van der Waals surface area (Å²) in [6, 6.07) is 17.7. The van der Waals surface area contributed by atoms with E-state index >= 15 is 0 Å². The first-order valence-corrected chi connectivity index (χ1v) is 12.5. The van der Waals surface area contributed by atoms with E-state index in [1.54, 1.807) is 0 Å².